The molecule has 25 heavy (non-hydrogen) atoms. The first-order chi connectivity index (χ1) is 11.8. The van der Waals surface area contributed by atoms with Gasteiger partial charge in [0.05, 0.1) is 6.26 Å². The van der Waals surface area contributed by atoms with Gasteiger partial charge in [-0.1, -0.05) is 0 Å². The van der Waals surface area contributed by atoms with Crippen LogP contribution in [0.5, 0.6) is 0 Å². The second-order valence-corrected chi connectivity index (χ2v) is 8.07. The molecular formula is C15H21N5O4S. The molecule has 0 spiro atoms. The Labute approximate surface area is 145 Å². The van der Waals surface area contributed by atoms with Crippen LogP contribution in [0.25, 0.3) is 10.9 Å². The van der Waals surface area contributed by atoms with Gasteiger partial charge in [0.15, 0.2) is 5.82 Å². The van der Waals surface area contributed by atoms with Gasteiger partial charge >= 0.3 is 6.09 Å². The Balaban J connectivity index is 2.10. The Morgan fingerprint density at radius 3 is 2.72 bits per heavy atom. The standard InChI is InChI=1S/C15H21N5O4S/c1-20-11(7-8-16-25(2,23)24)12-9-5-3-4-6-10(9)17-14(13(12)19-20)18-15(21)22/h16H,3-8H2,1-2H3,(H,17,18)(H,21,22). The van der Waals surface area contributed by atoms with Crippen LogP contribution in [0.15, 0.2) is 0 Å². The van der Waals surface area contributed by atoms with E-state index in [1.54, 1.807) is 11.7 Å². The second kappa shape index (κ2) is 6.60. The summed E-state index contributed by atoms with van der Waals surface area (Å²) >= 11 is 0. The van der Waals surface area contributed by atoms with Gasteiger partial charge < -0.3 is 5.11 Å². The van der Waals surface area contributed by atoms with Crippen molar-refractivity contribution in [3.8, 4) is 0 Å². The van der Waals surface area contributed by atoms with Gasteiger partial charge in [-0.3, -0.25) is 10.00 Å². The lowest BCUT2D eigenvalue weighted by molar-refractivity contribution is 0.209. The Hall–Kier alpha value is -2.20. The Kier molecular flexibility index (Phi) is 4.65. The monoisotopic (exact) mass is 367 g/mol. The molecule has 2 heterocycles. The zero-order valence-corrected chi connectivity index (χ0v) is 15.0. The van der Waals surface area contributed by atoms with E-state index in [0.29, 0.717) is 11.9 Å². The number of sulfonamides is 1. The van der Waals surface area contributed by atoms with Crippen LogP contribution in [-0.2, 0) is 36.3 Å². The van der Waals surface area contributed by atoms with E-state index < -0.39 is 16.1 Å². The van der Waals surface area contributed by atoms with Crippen molar-refractivity contribution in [3.63, 3.8) is 0 Å². The smallest absolute Gasteiger partial charge is 0.410 e. The van der Waals surface area contributed by atoms with Gasteiger partial charge in [-0.25, -0.2) is 22.9 Å². The van der Waals surface area contributed by atoms with Crippen molar-refractivity contribution in [2.24, 2.45) is 7.05 Å². The summed E-state index contributed by atoms with van der Waals surface area (Å²) in [6.07, 6.45) is 4.13. The number of hydrogen-bond donors (Lipinski definition) is 3. The van der Waals surface area contributed by atoms with Gasteiger partial charge in [-0.2, -0.15) is 5.10 Å². The molecule has 1 aliphatic rings. The Bertz CT molecular complexity index is 935. The third kappa shape index (κ3) is 3.74. The Morgan fingerprint density at radius 1 is 1.32 bits per heavy atom. The SMILES string of the molecule is Cn1nc2c(NC(=O)O)nc3c(c2c1CCNS(C)(=O)=O)CCCC3. The highest BCUT2D eigenvalue weighted by Gasteiger charge is 2.23. The van der Waals surface area contributed by atoms with E-state index in [1.165, 1.54) is 0 Å². The zero-order valence-electron chi connectivity index (χ0n) is 14.2. The molecule has 136 valence electrons. The van der Waals surface area contributed by atoms with E-state index in [2.05, 4.69) is 20.1 Å². The highest BCUT2D eigenvalue weighted by Crippen LogP contribution is 2.33. The molecule has 0 aliphatic heterocycles. The molecule has 0 fully saturated rings. The van der Waals surface area contributed by atoms with E-state index in [4.69, 9.17) is 5.11 Å². The number of nitrogens with zero attached hydrogens (tertiary/aromatic N) is 3. The van der Waals surface area contributed by atoms with Crippen molar-refractivity contribution in [3.05, 3.63) is 17.0 Å². The van der Waals surface area contributed by atoms with Crippen LogP contribution >= 0.6 is 0 Å². The van der Waals surface area contributed by atoms with Gasteiger partial charge in [0.2, 0.25) is 10.0 Å². The number of nitrogens with one attached hydrogen (secondary N) is 2. The quantitative estimate of drug-likeness (QED) is 0.724. The summed E-state index contributed by atoms with van der Waals surface area (Å²) in [5.74, 6) is 0.237. The molecule has 9 nitrogen and oxygen atoms in total. The van der Waals surface area contributed by atoms with Gasteiger partial charge in [-0.15, -0.1) is 0 Å². The van der Waals surface area contributed by atoms with Gasteiger partial charge in [0, 0.05) is 36.8 Å². The lowest BCUT2D eigenvalue weighted by Gasteiger charge is -2.18. The number of anilines is 1. The molecule has 2 aromatic rings. The molecule has 3 N–H and O–H groups in total. The summed E-state index contributed by atoms with van der Waals surface area (Å²) in [4.78, 5) is 15.6. The van der Waals surface area contributed by atoms with Gasteiger partial charge in [-0.05, 0) is 31.2 Å². The van der Waals surface area contributed by atoms with Crippen molar-refractivity contribution >= 4 is 32.8 Å². The second-order valence-electron chi connectivity index (χ2n) is 6.23. The average molecular weight is 367 g/mol. The first-order valence-electron chi connectivity index (χ1n) is 8.08. The minimum Gasteiger partial charge on any atom is -0.465 e. The van der Waals surface area contributed by atoms with Crippen molar-refractivity contribution < 1.29 is 18.3 Å². The third-order valence-electron chi connectivity index (χ3n) is 4.33. The largest absolute Gasteiger partial charge is 0.465 e. The molecule has 0 bridgehead atoms. The predicted octanol–water partition coefficient (Wildman–Crippen LogP) is 1.03. The fraction of sp³-hybridized carbons (Fsp3) is 0.533. The highest BCUT2D eigenvalue weighted by molar-refractivity contribution is 7.88. The molecule has 3 rings (SSSR count). The van der Waals surface area contributed by atoms with Crippen LogP contribution in [0.3, 0.4) is 0 Å². The van der Waals surface area contributed by atoms with Crippen molar-refractivity contribution in [2.45, 2.75) is 32.1 Å². The summed E-state index contributed by atoms with van der Waals surface area (Å²) in [6, 6.07) is 0. The molecule has 0 radical (unpaired) electrons. The number of hydrogen-bond acceptors (Lipinski definition) is 5. The van der Waals surface area contributed by atoms with Gasteiger partial charge in [0.25, 0.3) is 0 Å². The number of carbonyl (C=O) groups is 1. The molecular weight excluding hydrogens is 346 g/mol. The maximum absolute atomic E-state index is 11.3. The molecule has 0 saturated carbocycles. The fourth-order valence-electron chi connectivity index (χ4n) is 3.34. The molecule has 0 aromatic carbocycles. The van der Waals surface area contributed by atoms with Crippen molar-refractivity contribution in [1.29, 1.82) is 0 Å². The van der Waals surface area contributed by atoms with Gasteiger partial charge in [0.1, 0.15) is 5.52 Å². The van der Waals surface area contributed by atoms with Crippen LogP contribution in [0.2, 0.25) is 0 Å². The van der Waals surface area contributed by atoms with E-state index in [9.17, 15) is 13.2 Å². The molecule has 0 unspecified atom stereocenters. The number of aryl methyl sites for hydroxylation is 3. The molecule has 1 aliphatic carbocycles. The molecule has 0 atom stereocenters. The van der Waals surface area contributed by atoms with E-state index in [0.717, 1.165) is 54.3 Å². The fourth-order valence-corrected chi connectivity index (χ4v) is 3.81. The molecule has 0 saturated heterocycles. The van der Waals surface area contributed by atoms with Crippen molar-refractivity contribution in [2.75, 3.05) is 18.1 Å². The van der Waals surface area contributed by atoms with Crippen LogP contribution < -0.4 is 10.0 Å². The van der Waals surface area contributed by atoms with Crippen LogP contribution in [0, 0.1) is 0 Å². The lowest BCUT2D eigenvalue weighted by Crippen LogP contribution is -2.25. The topological polar surface area (TPSA) is 126 Å². The van der Waals surface area contributed by atoms with Crippen LogP contribution in [-0.4, -0.2) is 47.2 Å². The lowest BCUT2D eigenvalue weighted by atomic mass is 9.92. The zero-order chi connectivity index (χ0) is 18.2. The van der Waals surface area contributed by atoms with E-state index in [1.807, 2.05) is 0 Å². The van der Waals surface area contributed by atoms with E-state index >= 15 is 0 Å². The first kappa shape index (κ1) is 17.6. The summed E-state index contributed by atoms with van der Waals surface area (Å²) in [5, 5.41) is 16.7. The summed E-state index contributed by atoms with van der Waals surface area (Å²) in [6.45, 7) is 0.256. The predicted molar refractivity (Wildman–Crippen MR) is 93.3 cm³/mol. The number of pyridine rings is 1. The number of rotatable bonds is 5. The number of fused-ring (bicyclic) bond motifs is 3. The number of amides is 1. The summed E-state index contributed by atoms with van der Waals surface area (Å²) < 4.78 is 26.8. The maximum atomic E-state index is 11.3. The third-order valence-corrected chi connectivity index (χ3v) is 5.06. The normalized spacial score (nSPS) is 14.5. The summed E-state index contributed by atoms with van der Waals surface area (Å²) in [5.41, 5.74) is 3.38. The number of aromatic nitrogens is 3. The minimum atomic E-state index is -3.27. The van der Waals surface area contributed by atoms with Crippen LogP contribution in [0.4, 0.5) is 10.6 Å². The first-order valence-corrected chi connectivity index (χ1v) is 9.97. The van der Waals surface area contributed by atoms with Crippen molar-refractivity contribution in [1.82, 2.24) is 19.5 Å². The summed E-state index contributed by atoms with van der Waals surface area (Å²) in [7, 11) is -1.49. The highest BCUT2D eigenvalue weighted by atomic mass is 32.2. The maximum Gasteiger partial charge on any atom is 0.410 e. The molecule has 1 amide bonds. The molecule has 10 heteroatoms. The minimum absolute atomic E-state index is 0.237. The number of carboxylic acid groups (broad SMARTS) is 1. The Morgan fingerprint density at radius 2 is 2.04 bits per heavy atom. The van der Waals surface area contributed by atoms with E-state index in [-0.39, 0.29) is 12.4 Å². The molecule has 2 aromatic heterocycles. The van der Waals surface area contributed by atoms with Crippen LogP contribution in [0.1, 0.15) is 29.8 Å². The average Bonchev–Trinajstić information content (AvgIpc) is 2.83.